The predicted octanol–water partition coefficient (Wildman–Crippen LogP) is 1.48. The Bertz CT molecular complexity index is 681. The van der Waals surface area contributed by atoms with Gasteiger partial charge in [-0.05, 0) is 43.9 Å². The number of hydrogen-bond donors (Lipinski definition) is 2. The van der Waals surface area contributed by atoms with E-state index in [-0.39, 0.29) is 11.9 Å². The Labute approximate surface area is 134 Å². The van der Waals surface area contributed by atoms with Gasteiger partial charge in [-0.25, -0.2) is 0 Å². The molecule has 0 radical (unpaired) electrons. The predicted molar refractivity (Wildman–Crippen MR) is 85.3 cm³/mol. The summed E-state index contributed by atoms with van der Waals surface area (Å²) in [7, 11) is 0. The maximum absolute atomic E-state index is 12.3. The van der Waals surface area contributed by atoms with Crippen molar-refractivity contribution >= 4 is 11.7 Å². The summed E-state index contributed by atoms with van der Waals surface area (Å²) in [5.41, 5.74) is 1.56. The average Bonchev–Trinajstić information content (AvgIpc) is 3.14. The molecule has 1 saturated carbocycles. The molecule has 7 nitrogen and oxygen atoms in total. The summed E-state index contributed by atoms with van der Waals surface area (Å²) in [6.45, 7) is 1.55. The van der Waals surface area contributed by atoms with Crippen LogP contribution in [0.3, 0.4) is 0 Å². The minimum Gasteiger partial charge on any atom is -0.350 e. The Hall–Kier alpha value is -2.44. The summed E-state index contributed by atoms with van der Waals surface area (Å²) in [6.07, 6.45) is 6.21. The van der Waals surface area contributed by atoms with Gasteiger partial charge in [0.25, 0.3) is 5.91 Å². The molecule has 0 unspecified atom stereocenters. The highest BCUT2D eigenvalue weighted by Gasteiger charge is 2.28. The molecule has 3 heterocycles. The van der Waals surface area contributed by atoms with Crippen molar-refractivity contribution in [2.45, 2.75) is 37.6 Å². The number of carbonyl (C=O) groups excluding carboxylic acids is 1. The summed E-state index contributed by atoms with van der Waals surface area (Å²) in [5, 5.41) is 18.2. The van der Waals surface area contributed by atoms with E-state index in [9.17, 15) is 4.79 Å². The van der Waals surface area contributed by atoms with Crippen LogP contribution in [-0.2, 0) is 0 Å². The molecule has 2 N–H and O–H groups in total. The highest BCUT2D eigenvalue weighted by atomic mass is 16.1. The van der Waals surface area contributed by atoms with Gasteiger partial charge in [0.1, 0.15) is 5.69 Å². The van der Waals surface area contributed by atoms with Crippen LogP contribution in [0.4, 0.5) is 5.82 Å². The van der Waals surface area contributed by atoms with E-state index >= 15 is 0 Å². The van der Waals surface area contributed by atoms with Crippen LogP contribution in [0.2, 0.25) is 0 Å². The van der Waals surface area contributed by atoms with Gasteiger partial charge in [-0.2, -0.15) is 10.2 Å². The third-order valence-electron chi connectivity index (χ3n) is 4.58. The largest absolute Gasteiger partial charge is 0.350 e. The Morgan fingerprint density at radius 3 is 3.09 bits per heavy atom. The second-order valence-corrected chi connectivity index (χ2v) is 6.26. The van der Waals surface area contributed by atoms with E-state index in [0.717, 1.165) is 30.9 Å². The first-order chi connectivity index (χ1) is 11.3. The van der Waals surface area contributed by atoms with E-state index < -0.39 is 0 Å². The fraction of sp³-hybridized carbons (Fsp3) is 0.500. The van der Waals surface area contributed by atoms with E-state index in [4.69, 9.17) is 0 Å². The number of carbonyl (C=O) groups is 1. The molecule has 2 aliphatic rings. The average molecular weight is 312 g/mol. The number of nitrogens with zero attached hydrogens (tertiary/aromatic N) is 4. The van der Waals surface area contributed by atoms with Gasteiger partial charge in [0, 0.05) is 36.9 Å². The van der Waals surface area contributed by atoms with Gasteiger partial charge in [-0.15, -0.1) is 5.10 Å². The molecule has 23 heavy (non-hydrogen) atoms. The molecular formula is C16H20N6O. The molecule has 0 bridgehead atoms. The van der Waals surface area contributed by atoms with Gasteiger partial charge < -0.3 is 10.2 Å². The summed E-state index contributed by atoms with van der Waals surface area (Å²) in [6, 6.07) is 5.99. The molecule has 4 rings (SSSR count). The zero-order valence-electron chi connectivity index (χ0n) is 12.9. The molecule has 0 aromatic carbocycles. The summed E-state index contributed by atoms with van der Waals surface area (Å²) >= 11 is 0. The number of amides is 1. The van der Waals surface area contributed by atoms with Crippen molar-refractivity contribution in [3.8, 4) is 0 Å². The first-order valence-corrected chi connectivity index (χ1v) is 8.19. The number of hydrogen-bond acceptors (Lipinski definition) is 5. The molecule has 2 aromatic heterocycles. The van der Waals surface area contributed by atoms with Crippen LogP contribution in [0.1, 0.15) is 47.8 Å². The molecule has 2 fully saturated rings. The molecule has 7 heteroatoms. The van der Waals surface area contributed by atoms with Crippen LogP contribution in [0.25, 0.3) is 0 Å². The topological polar surface area (TPSA) is 86.8 Å². The van der Waals surface area contributed by atoms with Gasteiger partial charge in [-0.3, -0.25) is 9.89 Å². The highest BCUT2D eigenvalue weighted by Crippen LogP contribution is 2.38. The highest BCUT2D eigenvalue weighted by molar-refractivity contribution is 5.92. The second-order valence-electron chi connectivity index (χ2n) is 6.26. The fourth-order valence-corrected chi connectivity index (χ4v) is 3.15. The molecule has 0 spiro atoms. The fourth-order valence-electron chi connectivity index (χ4n) is 3.15. The third-order valence-corrected chi connectivity index (χ3v) is 4.58. The van der Waals surface area contributed by atoms with E-state index in [1.54, 1.807) is 6.20 Å². The monoisotopic (exact) mass is 312 g/mol. The SMILES string of the molecule is O=C(NC[C@H]1CCCN1c1cccnn1)c1cc(C2CC2)[nH]n1. The lowest BCUT2D eigenvalue weighted by molar-refractivity contribution is 0.0946. The van der Waals surface area contributed by atoms with Gasteiger partial charge in [0.2, 0.25) is 0 Å². The lowest BCUT2D eigenvalue weighted by atomic mass is 10.2. The zero-order chi connectivity index (χ0) is 15.6. The third kappa shape index (κ3) is 3.04. The Balaban J connectivity index is 1.36. The van der Waals surface area contributed by atoms with Crippen molar-refractivity contribution in [3.05, 3.63) is 35.8 Å². The first kappa shape index (κ1) is 14.2. The van der Waals surface area contributed by atoms with Crippen LogP contribution in [0.15, 0.2) is 24.4 Å². The van der Waals surface area contributed by atoms with Crippen LogP contribution in [0.5, 0.6) is 0 Å². The van der Waals surface area contributed by atoms with Crippen molar-refractivity contribution in [2.24, 2.45) is 0 Å². The zero-order valence-corrected chi connectivity index (χ0v) is 12.9. The summed E-state index contributed by atoms with van der Waals surface area (Å²) < 4.78 is 0. The van der Waals surface area contributed by atoms with Crippen LogP contribution in [0, 0.1) is 0 Å². The van der Waals surface area contributed by atoms with Crippen LogP contribution < -0.4 is 10.2 Å². The Morgan fingerprint density at radius 1 is 1.39 bits per heavy atom. The molecule has 120 valence electrons. The van der Waals surface area contributed by atoms with Gasteiger partial charge in [-0.1, -0.05) is 0 Å². The standard InChI is InChI=1S/C16H20N6O/c23-16(14-9-13(19-20-14)11-5-6-11)17-10-12-3-2-8-22(12)15-4-1-7-18-21-15/h1,4,7,9,11-12H,2-3,5-6,8,10H2,(H,17,23)(H,19,20)/t12-/m1/s1. The molecule has 1 aliphatic carbocycles. The van der Waals surface area contributed by atoms with Crippen molar-refractivity contribution in [1.29, 1.82) is 0 Å². The maximum atomic E-state index is 12.3. The first-order valence-electron chi connectivity index (χ1n) is 8.19. The molecule has 1 saturated heterocycles. The minimum absolute atomic E-state index is 0.112. The molecule has 1 aliphatic heterocycles. The van der Waals surface area contributed by atoms with E-state index in [0.29, 0.717) is 18.2 Å². The van der Waals surface area contributed by atoms with Gasteiger partial charge in [0.15, 0.2) is 5.82 Å². The molecular weight excluding hydrogens is 292 g/mol. The van der Waals surface area contributed by atoms with E-state index in [1.165, 1.54) is 12.8 Å². The summed E-state index contributed by atoms with van der Waals surface area (Å²) in [5.74, 6) is 1.34. The smallest absolute Gasteiger partial charge is 0.271 e. The van der Waals surface area contributed by atoms with E-state index in [1.807, 2.05) is 18.2 Å². The Kier molecular flexibility index (Phi) is 3.69. The second kappa shape index (κ2) is 5.98. The number of aromatic amines is 1. The van der Waals surface area contributed by atoms with Crippen molar-refractivity contribution in [3.63, 3.8) is 0 Å². The quantitative estimate of drug-likeness (QED) is 0.873. The van der Waals surface area contributed by atoms with E-state index in [2.05, 4.69) is 30.6 Å². The molecule has 2 aromatic rings. The van der Waals surface area contributed by atoms with Crippen molar-refractivity contribution < 1.29 is 4.79 Å². The lowest BCUT2D eigenvalue weighted by Crippen LogP contribution is -2.40. The number of nitrogens with one attached hydrogen (secondary N) is 2. The maximum Gasteiger partial charge on any atom is 0.271 e. The normalized spacial score (nSPS) is 20.7. The van der Waals surface area contributed by atoms with Crippen molar-refractivity contribution in [1.82, 2.24) is 25.7 Å². The number of H-pyrrole nitrogens is 1. The molecule has 1 amide bonds. The van der Waals surface area contributed by atoms with Crippen LogP contribution in [-0.4, -0.2) is 45.4 Å². The van der Waals surface area contributed by atoms with Crippen LogP contribution >= 0.6 is 0 Å². The minimum atomic E-state index is -0.112. The number of aromatic nitrogens is 4. The van der Waals surface area contributed by atoms with Gasteiger partial charge >= 0.3 is 0 Å². The number of anilines is 1. The lowest BCUT2D eigenvalue weighted by Gasteiger charge is -2.25. The molecule has 1 atom stereocenters. The van der Waals surface area contributed by atoms with Crippen molar-refractivity contribution in [2.75, 3.05) is 18.0 Å². The Morgan fingerprint density at radius 2 is 2.30 bits per heavy atom. The number of rotatable bonds is 5. The summed E-state index contributed by atoms with van der Waals surface area (Å²) in [4.78, 5) is 14.5. The van der Waals surface area contributed by atoms with Gasteiger partial charge in [0.05, 0.1) is 0 Å².